The van der Waals surface area contributed by atoms with Gasteiger partial charge in [0.25, 0.3) is 0 Å². The molecule has 0 bridgehead atoms. The molecule has 0 radical (unpaired) electrons. The molecule has 0 fully saturated rings. The average Bonchev–Trinajstić information content (AvgIpc) is 3.55. The van der Waals surface area contributed by atoms with Gasteiger partial charge in [-0.25, -0.2) is 18.8 Å². The number of unbranched alkanes of at least 4 members (excludes halogenated alkanes) is 22. The van der Waals surface area contributed by atoms with Crippen molar-refractivity contribution in [2.24, 2.45) is 7.05 Å². The van der Waals surface area contributed by atoms with Crippen LogP contribution < -0.4 is 9.65 Å². The van der Waals surface area contributed by atoms with E-state index in [0.29, 0.717) is 39.5 Å². The maximum absolute atomic E-state index is 13.6. The van der Waals surface area contributed by atoms with Crippen LogP contribution >= 0.6 is 31.3 Å². The Labute approximate surface area is 323 Å². The third-order valence-corrected chi connectivity index (χ3v) is 13.2. The smallest absolute Gasteiger partial charge is 0.396 e. The molecule has 0 saturated heterocycles. The predicted octanol–water partition coefficient (Wildman–Crippen LogP) is 10.6. The van der Waals surface area contributed by atoms with Crippen molar-refractivity contribution in [1.29, 1.82) is 0 Å². The van der Waals surface area contributed by atoms with Gasteiger partial charge in [-0.2, -0.15) is 23.5 Å². The Balaban J connectivity index is 2.06. The quantitative estimate of drug-likeness (QED) is 0.0343. The molecule has 302 valence electrons. The van der Waals surface area contributed by atoms with Crippen molar-refractivity contribution in [3.8, 4) is 0 Å². The lowest BCUT2D eigenvalue weighted by Crippen LogP contribution is -2.25. The Morgan fingerprint density at radius 1 is 0.569 bits per heavy atom. The first-order valence-electron chi connectivity index (χ1n) is 21.1. The molecule has 0 aliphatic heterocycles. The molecule has 8 nitrogen and oxygen atoms in total. The van der Waals surface area contributed by atoms with Crippen LogP contribution in [0.5, 0.6) is 0 Å². The largest absolute Gasteiger partial charge is 0.405 e. The predicted molar refractivity (Wildman–Crippen MR) is 222 cm³/mol. The van der Waals surface area contributed by atoms with Crippen LogP contribution in [0.25, 0.3) is 0 Å². The van der Waals surface area contributed by atoms with Gasteiger partial charge in [0.05, 0.1) is 20.3 Å². The van der Waals surface area contributed by atoms with E-state index in [9.17, 15) is 4.57 Å². The Morgan fingerprint density at radius 2 is 0.922 bits per heavy atom. The van der Waals surface area contributed by atoms with Crippen molar-refractivity contribution >= 4 is 31.3 Å². The third kappa shape index (κ3) is 34.2. The molecule has 1 rings (SSSR count). The molecule has 0 amide bonds. The van der Waals surface area contributed by atoms with Crippen LogP contribution in [0, 0.1) is 0 Å². The first-order chi connectivity index (χ1) is 25.1. The number of nitrogens with zero attached hydrogens (tertiary/aromatic N) is 2. The van der Waals surface area contributed by atoms with Gasteiger partial charge < -0.3 is 10.2 Å². The number of hydrogen-bond donors (Lipinski definition) is 3. The summed E-state index contributed by atoms with van der Waals surface area (Å²) >= 11 is 4.19. The summed E-state index contributed by atoms with van der Waals surface area (Å²) in [5.41, 5.74) is 0. The number of aliphatic hydroxyl groups excluding tert-OH is 2. The van der Waals surface area contributed by atoms with Crippen LogP contribution in [0.4, 0.5) is 0 Å². The number of rotatable bonds is 42. The van der Waals surface area contributed by atoms with Gasteiger partial charge in [-0.3, -0.25) is 9.05 Å². The summed E-state index contributed by atoms with van der Waals surface area (Å²) in [5.74, 6) is 5.14. The fourth-order valence-corrected chi connectivity index (χ4v) is 9.49. The normalized spacial score (nSPS) is 12.0. The maximum atomic E-state index is 13.6. The lowest BCUT2D eigenvalue weighted by Gasteiger charge is -2.19. The molecule has 0 spiro atoms. The summed E-state index contributed by atoms with van der Waals surface area (Å²) in [7, 11) is -1.32. The number of aliphatic hydroxyl groups is 2. The zero-order valence-corrected chi connectivity index (χ0v) is 35.5. The molecule has 0 aromatic carbocycles. The summed E-state index contributed by atoms with van der Waals surface area (Å²) in [6.07, 6.45) is 37.8. The number of imidazole rings is 1. The van der Waals surface area contributed by atoms with Crippen molar-refractivity contribution in [2.75, 3.05) is 56.0 Å². The van der Waals surface area contributed by atoms with Gasteiger partial charge in [-0.1, -0.05) is 116 Å². The maximum Gasteiger partial charge on any atom is 0.405 e. The van der Waals surface area contributed by atoms with Crippen LogP contribution in [0.1, 0.15) is 167 Å². The zero-order valence-electron chi connectivity index (χ0n) is 33.0. The van der Waals surface area contributed by atoms with E-state index in [4.69, 9.17) is 19.3 Å². The minimum atomic E-state index is -3.32. The number of hydrogen-bond acceptors (Lipinski definition) is 7. The Hall–Kier alpha value is -0.0600. The summed E-state index contributed by atoms with van der Waals surface area (Å²) < 4.78 is 29.5. The highest BCUT2D eigenvalue weighted by Gasteiger charge is 2.24. The van der Waals surface area contributed by atoms with Gasteiger partial charge in [0.2, 0.25) is 6.33 Å². The molecule has 0 unspecified atom stereocenters. The minimum absolute atomic E-state index is 0.337. The van der Waals surface area contributed by atoms with Crippen molar-refractivity contribution in [1.82, 2.24) is 9.65 Å². The lowest BCUT2D eigenvalue weighted by molar-refractivity contribution is -0.671. The zero-order chi connectivity index (χ0) is 36.8. The average molecular weight is 779 g/mol. The molecule has 51 heavy (non-hydrogen) atoms. The monoisotopic (exact) mass is 779 g/mol. The van der Waals surface area contributed by atoms with Crippen molar-refractivity contribution in [3.63, 3.8) is 0 Å². The van der Waals surface area contributed by atoms with Crippen molar-refractivity contribution in [2.45, 2.75) is 173 Å². The third-order valence-electron chi connectivity index (χ3n) is 9.28. The molecule has 1 aromatic heterocycles. The molecule has 0 saturated carbocycles. The molecule has 1 aromatic rings. The number of nitrogens with one attached hydrogen (secondary N) is 1. The number of aryl methyl sites for hydroxylation is 1. The van der Waals surface area contributed by atoms with Crippen molar-refractivity contribution < 1.29 is 28.4 Å². The van der Waals surface area contributed by atoms with E-state index in [1.165, 1.54) is 151 Å². The van der Waals surface area contributed by atoms with E-state index < -0.39 is 7.75 Å². The Bertz CT molecular complexity index is 854. The number of thioether (sulfide) groups is 2. The highest BCUT2D eigenvalue weighted by atomic mass is 32.2. The molecule has 11 heteroatoms. The SMILES string of the molecule is C[n+]1ccn(CCNP(=O)(OCCCCCCCCCCCSCCCCCCO)OCCCCCCCCCCCSCCCCCCO)c1. The molecule has 0 aliphatic rings. The number of aromatic nitrogens is 2. The Kier molecular flexibility index (Phi) is 36.7. The summed E-state index contributed by atoms with van der Waals surface area (Å²) in [6, 6.07) is 0. The standard InChI is InChI=1S/C40H81N3O5PS2/c1-42-30-31-43(40-42)29-28-41-49(46,47-34-22-14-8-4-2-6-10-16-24-36-50-38-26-18-12-20-32-44)48-35-23-15-9-5-3-7-11-17-25-37-51-39-27-19-13-21-33-45/h30-31,40,44-45H,2-29,32-39H2,1H3,(H,41,46)/q+1. The van der Waals surface area contributed by atoms with Gasteiger partial charge >= 0.3 is 7.75 Å². The molecule has 1 heterocycles. The van der Waals surface area contributed by atoms with Crippen LogP contribution in [-0.2, 0) is 27.2 Å². The highest BCUT2D eigenvalue weighted by Crippen LogP contribution is 2.44. The van der Waals surface area contributed by atoms with Crippen molar-refractivity contribution in [3.05, 3.63) is 18.7 Å². The first-order valence-corrected chi connectivity index (χ1v) is 25.0. The van der Waals surface area contributed by atoms with E-state index >= 15 is 0 Å². The molecule has 0 atom stereocenters. The topological polar surface area (TPSA) is 96.8 Å². The van der Waals surface area contributed by atoms with Gasteiger partial charge in [-0.05, 0) is 74.4 Å². The van der Waals surface area contributed by atoms with E-state index in [2.05, 4.69) is 33.2 Å². The van der Waals surface area contributed by atoms with E-state index in [0.717, 1.165) is 38.5 Å². The summed E-state index contributed by atoms with van der Waals surface area (Å²) in [6.45, 7) is 2.89. The molecular weight excluding hydrogens is 698 g/mol. The van der Waals surface area contributed by atoms with Gasteiger partial charge in [0.15, 0.2) is 0 Å². The van der Waals surface area contributed by atoms with Crippen LogP contribution in [0.2, 0.25) is 0 Å². The second-order valence-electron chi connectivity index (χ2n) is 14.3. The van der Waals surface area contributed by atoms with E-state index in [1.54, 1.807) is 0 Å². The van der Waals surface area contributed by atoms with Gasteiger partial charge in [0.1, 0.15) is 18.9 Å². The fourth-order valence-electron chi connectivity index (χ4n) is 6.08. The molecule has 3 N–H and O–H groups in total. The van der Waals surface area contributed by atoms with Crippen LogP contribution in [-0.4, -0.2) is 70.8 Å². The van der Waals surface area contributed by atoms with E-state index in [-0.39, 0.29) is 0 Å². The summed E-state index contributed by atoms with van der Waals surface area (Å²) in [4.78, 5) is 0. The molecular formula is C40H81N3O5PS2+. The van der Waals surface area contributed by atoms with Gasteiger partial charge in [-0.15, -0.1) is 0 Å². The Morgan fingerprint density at radius 3 is 1.27 bits per heavy atom. The minimum Gasteiger partial charge on any atom is -0.396 e. The highest BCUT2D eigenvalue weighted by molar-refractivity contribution is 7.99. The summed E-state index contributed by atoms with van der Waals surface area (Å²) in [5, 5.41) is 20.8. The van der Waals surface area contributed by atoms with Crippen LogP contribution in [0.15, 0.2) is 18.7 Å². The van der Waals surface area contributed by atoms with E-state index in [1.807, 2.05) is 30.3 Å². The lowest BCUT2D eigenvalue weighted by atomic mass is 10.1. The molecule has 0 aliphatic carbocycles. The fraction of sp³-hybridized carbons (Fsp3) is 0.925. The van der Waals surface area contributed by atoms with Gasteiger partial charge in [0, 0.05) is 19.8 Å². The van der Waals surface area contributed by atoms with Crippen LogP contribution in [0.3, 0.4) is 0 Å². The second kappa shape index (κ2) is 38.2. The second-order valence-corrected chi connectivity index (χ2v) is 18.5. The first kappa shape index (κ1) is 49.0.